The monoisotopic (exact) mass is 252 g/mol. The molecule has 0 saturated heterocycles. The second-order valence-electron chi connectivity index (χ2n) is 3.50. The number of hydrogen-bond donors (Lipinski definition) is 1. The Morgan fingerprint density at radius 2 is 1.94 bits per heavy atom. The number of aromatic nitrogens is 1. The minimum atomic E-state index is 0.504. The summed E-state index contributed by atoms with van der Waals surface area (Å²) in [4.78, 5) is 4.01. The molecule has 1 aromatic carbocycles. The van der Waals surface area contributed by atoms with Crippen LogP contribution < -0.4 is 5.73 Å². The summed E-state index contributed by atoms with van der Waals surface area (Å²) in [5.41, 5.74) is 7.77. The lowest BCUT2D eigenvalue weighted by atomic mass is 10.1. The Hall–Kier alpha value is -1.25. The quantitative estimate of drug-likeness (QED) is 0.888. The first-order valence-electron chi connectivity index (χ1n) is 4.79. The zero-order valence-corrected chi connectivity index (χ0v) is 9.96. The van der Waals surface area contributed by atoms with Gasteiger partial charge in [-0.05, 0) is 23.8 Å². The van der Waals surface area contributed by atoms with Crippen LogP contribution in [0.1, 0.15) is 11.1 Å². The van der Waals surface area contributed by atoms with E-state index in [1.807, 2.05) is 30.3 Å². The van der Waals surface area contributed by atoms with Crippen molar-refractivity contribution in [3.8, 4) is 0 Å². The normalized spacial score (nSPS) is 10.4. The van der Waals surface area contributed by atoms with Gasteiger partial charge in [-0.15, -0.1) is 0 Å². The van der Waals surface area contributed by atoms with Crippen LogP contribution in [0.15, 0.2) is 36.5 Å². The van der Waals surface area contributed by atoms with Crippen molar-refractivity contribution in [1.29, 1.82) is 0 Å². The third-order valence-electron chi connectivity index (χ3n) is 2.25. The van der Waals surface area contributed by atoms with Crippen molar-refractivity contribution in [3.63, 3.8) is 0 Å². The minimum absolute atomic E-state index is 0.504. The van der Waals surface area contributed by atoms with Gasteiger partial charge in [-0.3, -0.25) is 0 Å². The summed E-state index contributed by atoms with van der Waals surface area (Å²) in [6, 6.07) is 9.47. The number of benzene rings is 1. The van der Waals surface area contributed by atoms with E-state index in [0.29, 0.717) is 22.3 Å². The van der Waals surface area contributed by atoms with Gasteiger partial charge >= 0.3 is 0 Å². The average molecular weight is 253 g/mol. The van der Waals surface area contributed by atoms with Crippen molar-refractivity contribution in [2.75, 3.05) is 5.73 Å². The summed E-state index contributed by atoms with van der Waals surface area (Å²) >= 11 is 11.8. The van der Waals surface area contributed by atoms with Crippen LogP contribution in [-0.4, -0.2) is 4.98 Å². The Labute approximate surface area is 104 Å². The largest absolute Gasteiger partial charge is 0.383 e. The lowest BCUT2D eigenvalue weighted by molar-refractivity contribution is 1.15. The van der Waals surface area contributed by atoms with Crippen molar-refractivity contribution in [2.45, 2.75) is 6.42 Å². The van der Waals surface area contributed by atoms with Crippen LogP contribution in [0.3, 0.4) is 0 Å². The van der Waals surface area contributed by atoms with Crippen molar-refractivity contribution in [3.05, 3.63) is 57.7 Å². The Balaban J connectivity index is 2.30. The van der Waals surface area contributed by atoms with Gasteiger partial charge in [0.15, 0.2) is 0 Å². The van der Waals surface area contributed by atoms with E-state index in [9.17, 15) is 0 Å². The van der Waals surface area contributed by atoms with Gasteiger partial charge in [0, 0.05) is 23.2 Å². The Bertz CT molecular complexity index is 512. The van der Waals surface area contributed by atoms with Gasteiger partial charge in [-0.2, -0.15) is 0 Å². The van der Waals surface area contributed by atoms with Crippen LogP contribution in [0.4, 0.5) is 5.82 Å². The molecule has 0 atom stereocenters. The maximum Gasteiger partial charge on any atom is 0.126 e. The van der Waals surface area contributed by atoms with E-state index in [4.69, 9.17) is 28.9 Å². The first-order valence-corrected chi connectivity index (χ1v) is 5.55. The first-order chi connectivity index (χ1) is 7.65. The fourth-order valence-electron chi connectivity index (χ4n) is 1.50. The Kier molecular flexibility index (Phi) is 3.32. The van der Waals surface area contributed by atoms with Crippen LogP contribution in [-0.2, 0) is 6.42 Å². The molecule has 2 aromatic rings. The number of rotatable bonds is 2. The van der Waals surface area contributed by atoms with Gasteiger partial charge in [0.1, 0.15) is 5.82 Å². The zero-order chi connectivity index (χ0) is 11.5. The molecule has 1 heterocycles. The van der Waals surface area contributed by atoms with Gasteiger partial charge in [-0.1, -0.05) is 35.3 Å². The predicted molar refractivity (Wildman–Crippen MR) is 67.9 cm³/mol. The van der Waals surface area contributed by atoms with Gasteiger partial charge in [0.2, 0.25) is 0 Å². The fraction of sp³-hybridized carbons (Fsp3) is 0.0833. The second kappa shape index (κ2) is 4.73. The van der Waals surface area contributed by atoms with E-state index in [-0.39, 0.29) is 0 Å². The van der Waals surface area contributed by atoms with Crippen LogP contribution in [0.5, 0.6) is 0 Å². The lowest BCUT2D eigenvalue weighted by Crippen LogP contribution is -1.98. The molecule has 0 saturated carbocycles. The average Bonchev–Trinajstić information content (AvgIpc) is 2.24. The maximum atomic E-state index is 5.91. The minimum Gasteiger partial charge on any atom is -0.383 e. The van der Waals surface area contributed by atoms with Gasteiger partial charge < -0.3 is 5.73 Å². The number of nitrogens with two attached hydrogens (primary N) is 1. The number of pyridine rings is 1. The molecule has 4 heteroatoms. The topological polar surface area (TPSA) is 38.9 Å². The molecule has 2 N–H and O–H groups in total. The van der Waals surface area contributed by atoms with Crippen LogP contribution in [0, 0.1) is 0 Å². The SMILES string of the molecule is Nc1ncc(Cl)cc1Cc1cccc(Cl)c1. The smallest absolute Gasteiger partial charge is 0.126 e. The molecule has 16 heavy (non-hydrogen) atoms. The van der Waals surface area contributed by atoms with E-state index >= 15 is 0 Å². The number of nitrogens with zero attached hydrogens (tertiary/aromatic N) is 1. The van der Waals surface area contributed by atoms with E-state index in [1.54, 1.807) is 6.20 Å². The molecule has 0 aliphatic rings. The first kappa shape index (κ1) is 11.2. The summed E-state index contributed by atoms with van der Waals surface area (Å²) in [6.07, 6.45) is 2.22. The summed E-state index contributed by atoms with van der Waals surface area (Å²) in [5, 5.41) is 1.30. The molecule has 2 rings (SSSR count). The summed E-state index contributed by atoms with van der Waals surface area (Å²) in [6.45, 7) is 0. The molecule has 0 unspecified atom stereocenters. The van der Waals surface area contributed by atoms with Crippen LogP contribution in [0.25, 0.3) is 0 Å². The molecule has 0 aliphatic carbocycles. The number of anilines is 1. The van der Waals surface area contributed by atoms with Crippen molar-refractivity contribution in [2.24, 2.45) is 0 Å². The fourth-order valence-corrected chi connectivity index (χ4v) is 1.89. The third-order valence-corrected chi connectivity index (χ3v) is 2.69. The number of halogens is 2. The highest BCUT2D eigenvalue weighted by Crippen LogP contribution is 2.20. The van der Waals surface area contributed by atoms with Gasteiger partial charge in [0.25, 0.3) is 0 Å². The summed E-state index contributed by atoms with van der Waals surface area (Å²) in [7, 11) is 0. The lowest BCUT2D eigenvalue weighted by Gasteiger charge is -2.05. The van der Waals surface area contributed by atoms with Crippen molar-refractivity contribution >= 4 is 29.0 Å². The highest BCUT2D eigenvalue weighted by Gasteiger charge is 2.03. The Morgan fingerprint density at radius 3 is 2.69 bits per heavy atom. The van der Waals surface area contributed by atoms with E-state index in [0.717, 1.165) is 11.1 Å². The van der Waals surface area contributed by atoms with Crippen molar-refractivity contribution in [1.82, 2.24) is 4.98 Å². The zero-order valence-electron chi connectivity index (χ0n) is 8.45. The standard InChI is InChI=1S/C12H10Cl2N2/c13-10-3-1-2-8(5-10)4-9-6-11(14)7-16-12(9)15/h1-3,5-7H,4H2,(H2,15,16). The highest BCUT2D eigenvalue weighted by molar-refractivity contribution is 6.30. The summed E-state index contributed by atoms with van der Waals surface area (Å²) < 4.78 is 0. The van der Waals surface area contributed by atoms with E-state index in [1.165, 1.54) is 0 Å². The van der Waals surface area contributed by atoms with E-state index in [2.05, 4.69) is 4.98 Å². The predicted octanol–water partition coefficient (Wildman–Crippen LogP) is 3.56. The molecule has 0 aliphatic heterocycles. The van der Waals surface area contributed by atoms with E-state index < -0.39 is 0 Å². The van der Waals surface area contributed by atoms with Crippen LogP contribution >= 0.6 is 23.2 Å². The third kappa shape index (κ3) is 2.65. The van der Waals surface area contributed by atoms with Gasteiger partial charge in [0.05, 0.1) is 5.02 Å². The molecule has 0 radical (unpaired) electrons. The molecule has 1 aromatic heterocycles. The molecule has 0 bridgehead atoms. The van der Waals surface area contributed by atoms with Gasteiger partial charge in [-0.25, -0.2) is 4.98 Å². The number of nitrogen functional groups attached to an aromatic ring is 1. The highest BCUT2D eigenvalue weighted by atomic mass is 35.5. The molecule has 2 nitrogen and oxygen atoms in total. The molecule has 0 fully saturated rings. The second-order valence-corrected chi connectivity index (χ2v) is 4.38. The summed E-state index contributed by atoms with van der Waals surface area (Å²) in [5.74, 6) is 0.504. The molecule has 82 valence electrons. The molecular weight excluding hydrogens is 243 g/mol. The number of hydrogen-bond acceptors (Lipinski definition) is 2. The molecule has 0 amide bonds. The Morgan fingerprint density at radius 1 is 1.12 bits per heavy atom. The van der Waals surface area contributed by atoms with Crippen molar-refractivity contribution < 1.29 is 0 Å². The molecular formula is C12H10Cl2N2. The molecule has 0 spiro atoms. The maximum absolute atomic E-state index is 5.91. The van der Waals surface area contributed by atoms with Crippen LogP contribution in [0.2, 0.25) is 10.0 Å².